The van der Waals surface area contributed by atoms with Crippen LogP contribution in [0.15, 0.2) is 49.1 Å². The Morgan fingerprint density at radius 2 is 1.88 bits per heavy atom. The largest absolute Gasteiger partial charge is 0.437 e. The summed E-state index contributed by atoms with van der Waals surface area (Å²) in [6, 6.07) is 5.94. The second-order valence-electron chi connectivity index (χ2n) is 7.27. The monoisotopic (exact) mass is 444 g/mol. The maximum Gasteiger partial charge on any atom is 0.373 e. The zero-order valence-corrected chi connectivity index (χ0v) is 18.6. The number of benzene rings is 1. The van der Waals surface area contributed by atoms with Crippen LogP contribution in [0.5, 0.6) is 0 Å². The summed E-state index contributed by atoms with van der Waals surface area (Å²) in [5.74, 6) is -1.25. The van der Waals surface area contributed by atoms with Gasteiger partial charge in [0.2, 0.25) is 5.91 Å². The standard InChI is InChI=1S/C22H33BN4O5/c1-4-5-9-19(28)27-18(8-6-7-14-26-23(2)32)20(29)22(31)25-15-16-10-12-17(13-11-16)21(30)24-3/h4-5,9-13,18,20,26,29,32H,1,6-8,14-15H2,2-3H3,(H,24,30)(H,25,31)(H,27,28)/b9-5+. The third kappa shape index (κ3) is 10.4. The second kappa shape index (κ2) is 15.0. The first kappa shape index (κ1) is 27.1. The van der Waals surface area contributed by atoms with Crippen LogP contribution in [-0.4, -0.2) is 60.6 Å². The Bertz CT molecular complexity index is 783. The molecule has 2 atom stereocenters. The van der Waals surface area contributed by atoms with Crippen molar-refractivity contribution in [3.05, 3.63) is 60.2 Å². The molecule has 0 spiro atoms. The van der Waals surface area contributed by atoms with Crippen molar-refractivity contribution in [2.24, 2.45) is 0 Å². The zero-order valence-electron chi connectivity index (χ0n) is 18.6. The van der Waals surface area contributed by atoms with Gasteiger partial charge in [0, 0.05) is 25.2 Å². The van der Waals surface area contributed by atoms with E-state index in [-0.39, 0.29) is 12.5 Å². The molecule has 0 saturated carbocycles. The highest BCUT2D eigenvalue weighted by molar-refractivity contribution is 6.45. The molecule has 0 radical (unpaired) electrons. The van der Waals surface area contributed by atoms with Crippen LogP contribution in [0.2, 0.25) is 6.82 Å². The van der Waals surface area contributed by atoms with E-state index in [2.05, 4.69) is 27.8 Å². The number of aliphatic hydroxyl groups excluding tert-OH is 1. The lowest BCUT2D eigenvalue weighted by molar-refractivity contribution is -0.132. The number of allylic oxidation sites excluding steroid dienone is 2. The molecule has 32 heavy (non-hydrogen) atoms. The van der Waals surface area contributed by atoms with Crippen molar-refractivity contribution in [3.63, 3.8) is 0 Å². The molecular formula is C22H33BN4O5. The van der Waals surface area contributed by atoms with Crippen molar-refractivity contribution in [3.8, 4) is 0 Å². The molecule has 0 aliphatic carbocycles. The first-order valence-corrected chi connectivity index (χ1v) is 10.6. The molecule has 1 aromatic carbocycles. The van der Waals surface area contributed by atoms with Gasteiger partial charge in [0.05, 0.1) is 6.04 Å². The lowest BCUT2D eigenvalue weighted by Gasteiger charge is -2.23. The number of aliphatic hydroxyl groups is 1. The average molecular weight is 444 g/mol. The summed E-state index contributed by atoms with van der Waals surface area (Å²) in [6.45, 7) is 5.86. The van der Waals surface area contributed by atoms with Crippen LogP contribution in [0.25, 0.3) is 0 Å². The van der Waals surface area contributed by atoms with E-state index in [1.807, 2.05) is 0 Å². The predicted molar refractivity (Wildman–Crippen MR) is 125 cm³/mol. The highest BCUT2D eigenvalue weighted by atomic mass is 16.3. The molecule has 6 N–H and O–H groups in total. The van der Waals surface area contributed by atoms with Gasteiger partial charge in [0.15, 0.2) is 6.10 Å². The van der Waals surface area contributed by atoms with Crippen molar-refractivity contribution in [1.29, 1.82) is 0 Å². The quantitative estimate of drug-likeness (QED) is 0.104. The van der Waals surface area contributed by atoms with Gasteiger partial charge in [0.1, 0.15) is 0 Å². The van der Waals surface area contributed by atoms with Gasteiger partial charge < -0.3 is 31.3 Å². The van der Waals surface area contributed by atoms with Crippen LogP contribution >= 0.6 is 0 Å². The van der Waals surface area contributed by atoms with E-state index in [1.165, 1.54) is 18.2 Å². The minimum atomic E-state index is -1.44. The minimum Gasteiger partial charge on any atom is -0.437 e. The van der Waals surface area contributed by atoms with Crippen LogP contribution in [0.3, 0.4) is 0 Å². The SMILES string of the molecule is C=C/C=C/C(=O)NC(CCCCNB(C)O)C(O)C(=O)NCc1ccc(C(=O)NC)cc1. The Kier molecular flexibility index (Phi) is 12.7. The molecule has 1 rings (SSSR count). The molecule has 0 fully saturated rings. The molecule has 9 nitrogen and oxygen atoms in total. The molecule has 0 aromatic heterocycles. The Labute approximate surface area is 189 Å². The number of nitrogens with one attached hydrogen (secondary N) is 4. The maximum atomic E-state index is 12.5. The van der Waals surface area contributed by atoms with Gasteiger partial charge in [-0.1, -0.05) is 37.3 Å². The van der Waals surface area contributed by atoms with Gasteiger partial charge in [-0.15, -0.1) is 0 Å². The van der Waals surface area contributed by atoms with Crippen molar-refractivity contribution < 1.29 is 24.5 Å². The van der Waals surface area contributed by atoms with Crippen LogP contribution in [0, 0.1) is 0 Å². The topological polar surface area (TPSA) is 140 Å². The first-order chi connectivity index (χ1) is 15.3. The van der Waals surface area contributed by atoms with Crippen LogP contribution in [-0.2, 0) is 16.1 Å². The summed E-state index contributed by atoms with van der Waals surface area (Å²) in [5, 5.41) is 30.5. The minimum absolute atomic E-state index is 0.166. The number of carbonyl (C=O) groups is 3. The number of unbranched alkanes of at least 4 members (excludes halogenated alkanes) is 1. The summed E-state index contributed by atoms with van der Waals surface area (Å²) in [6.07, 6.45) is 4.46. The van der Waals surface area contributed by atoms with E-state index < -0.39 is 31.0 Å². The third-order valence-corrected chi connectivity index (χ3v) is 4.65. The molecule has 3 amide bonds. The molecule has 0 heterocycles. The van der Waals surface area contributed by atoms with Gasteiger partial charge in [-0.05, 0) is 43.9 Å². The molecule has 1 aromatic rings. The van der Waals surface area contributed by atoms with Crippen LogP contribution < -0.4 is 21.2 Å². The summed E-state index contributed by atoms with van der Waals surface area (Å²) < 4.78 is 0. The molecule has 0 bridgehead atoms. The number of hydrogen-bond donors (Lipinski definition) is 6. The van der Waals surface area contributed by atoms with E-state index in [0.717, 1.165) is 5.56 Å². The predicted octanol–water partition coefficient (Wildman–Crippen LogP) is 0.121. The Morgan fingerprint density at radius 3 is 2.47 bits per heavy atom. The van der Waals surface area contributed by atoms with Crippen LogP contribution in [0.4, 0.5) is 0 Å². The van der Waals surface area contributed by atoms with Crippen molar-refractivity contribution in [1.82, 2.24) is 21.2 Å². The molecule has 174 valence electrons. The molecule has 0 aliphatic heterocycles. The first-order valence-electron chi connectivity index (χ1n) is 10.6. The fraction of sp³-hybridized carbons (Fsp3) is 0.409. The molecule has 10 heteroatoms. The summed E-state index contributed by atoms with van der Waals surface area (Å²) in [4.78, 5) is 36.1. The van der Waals surface area contributed by atoms with E-state index in [0.29, 0.717) is 31.4 Å². The Hall–Kier alpha value is -2.95. The Balaban J connectivity index is 2.67. The smallest absolute Gasteiger partial charge is 0.373 e. The van der Waals surface area contributed by atoms with Gasteiger partial charge >= 0.3 is 7.05 Å². The molecule has 0 aliphatic rings. The van der Waals surface area contributed by atoms with Gasteiger partial charge in [-0.3, -0.25) is 14.4 Å². The molecular weight excluding hydrogens is 411 g/mol. The maximum absolute atomic E-state index is 12.5. The van der Waals surface area contributed by atoms with Crippen LogP contribution in [0.1, 0.15) is 35.2 Å². The summed E-state index contributed by atoms with van der Waals surface area (Å²) in [7, 11) is 0.931. The number of carbonyl (C=O) groups excluding carboxylic acids is 3. The molecule has 0 saturated heterocycles. The van der Waals surface area contributed by atoms with Gasteiger partial charge in [0.25, 0.3) is 11.8 Å². The average Bonchev–Trinajstić information content (AvgIpc) is 2.79. The van der Waals surface area contributed by atoms with E-state index >= 15 is 0 Å². The number of rotatable bonds is 14. The highest BCUT2D eigenvalue weighted by Crippen LogP contribution is 2.08. The fourth-order valence-corrected chi connectivity index (χ4v) is 2.89. The second-order valence-corrected chi connectivity index (χ2v) is 7.27. The van der Waals surface area contributed by atoms with Crippen molar-refractivity contribution in [2.45, 2.75) is 44.8 Å². The van der Waals surface area contributed by atoms with Gasteiger partial charge in [-0.2, -0.15) is 0 Å². The lowest BCUT2D eigenvalue weighted by Crippen LogP contribution is -2.50. The van der Waals surface area contributed by atoms with E-state index in [4.69, 9.17) is 0 Å². The number of amides is 3. The van der Waals surface area contributed by atoms with E-state index in [1.54, 1.807) is 38.1 Å². The fourth-order valence-electron chi connectivity index (χ4n) is 2.89. The zero-order chi connectivity index (χ0) is 23.9. The summed E-state index contributed by atoms with van der Waals surface area (Å²) >= 11 is 0. The Morgan fingerprint density at radius 1 is 1.19 bits per heavy atom. The summed E-state index contributed by atoms with van der Waals surface area (Å²) in [5.41, 5.74) is 1.26. The highest BCUT2D eigenvalue weighted by Gasteiger charge is 2.26. The van der Waals surface area contributed by atoms with Crippen molar-refractivity contribution >= 4 is 24.8 Å². The lowest BCUT2D eigenvalue weighted by atomic mass is 9.89. The van der Waals surface area contributed by atoms with Gasteiger partial charge in [-0.25, -0.2) is 0 Å². The number of hydrogen-bond acceptors (Lipinski definition) is 6. The molecule has 2 unspecified atom stereocenters. The van der Waals surface area contributed by atoms with Crippen molar-refractivity contribution in [2.75, 3.05) is 13.6 Å². The third-order valence-electron chi connectivity index (χ3n) is 4.65. The van der Waals surface area contributed by atoms with E-state index in [9.17, 15) is 24.5 Å². The normalized spacial score (nSPS) is 12.6.